The van der Waals surface area contributed by atoms with E-state index in [4.69, 9.17) is 4.74 Å². The maximum absolute atomic E-state index is 5.20. The Labute approximate surface area is 91.3 Å². The van der Waals surface area contributed by atoms with Gasteiger partial charge in [-0.15, -0.1) is 0 Å². The third kappa shape index (κ3) is 3.85. The average molecular weight is 209 g/mol. The molecule has 0 fully saturated rings. The van der Waals surface area contributed by atoms with Crippen molar-refractivity contribution in [3.05, 3.63) is 23.9 Å². The third-order valence-corrected chi connectivity index (χ3v) is 2.23. The molecule has 0 bridgehead atoms. The fourth-order valence-electron chi connectivity index (χ4n) is 1.40. The number of hydrogen-bond donors (Lipinski definition) is 1. The Hall–Kier alpha value is -1.13. The smallest absolute Gasteiger partial charge is 0.217 e. The molecular weight excluding hydrogens is 190 g/mol. The number of likely N-dealkylation sites (N-methyl/N-ethyl adjacent to an activating group) is 2. The Kier molecular flexibility index (Phi) is 5.07. The van der Waals surface area contributed by atoms with Crippen molar-refractivity contribution in [2.24, 2.45) is 0 Å². The van der Waals surface area contributed by atoms with Crippen LogP contribution in [0.2, 0.25) is 0 Å². The van der Waals surface area contributed by atoms with E-state index < -0.39 is 0 Å². The van der Waals surface area contributed by atoms with Crippen molar-refractivity contribution >= 4 is 0 Å². The van der Waals surface area contributed by atoms with Gasteiger partial charge in [0.05, 0.1) is 7.11 Å². The second kappa shape index (κ2) is 6.37. The molecule has 4 heteroatoms. The van der Waals surface area contributed by atoms with Gasteiger partial charge in [0.2, 0.25) is 5.88 Å². The molecule has 15 heavy (non-hydrogen) atoms. The van der Waals surface area contributed by atoms with Gasteiger partial charge in [-0.2, -0.15) is 0 Å². The molecule has 0 unspecified atom stereocenters. The van der Waals surface area contributed by atoms with Crippen LogP contribution in [0.5, 0.6) is 5.88 Å². The van der Waals surface area contributed by atoms with Gasteiger partial charge in [0.1, 0.15) is 0 Å². The van der Waals surface area contributed by atoms with Crippen LogP contribution in [0.4, 0.5) is 0 Å². The van der Waals surface area contributed by atoms with Crippen molar-refractivity contribution in [3.8, 4) is 5.88 Å². The Bertz CT molecular complexity index is 291. The predicted octanol–water partition coefficient (Wildman–Crippen LogP) is 0.741. The van der Waals surface area contributed by atoms with E-state index in [-0.39, 0.29) is 0 Å². The number of aromatic nitrogens is 1. The highest BCUT2D eigenvalue weighted by Gasteiger charge is 2.05. The maximum Gasteiger partial charge on any atom is 0.217 e. The summed E-state index contributed by atoms with van der Waals surface area (Å²) >= 11 is 0. The molecule has 0 radical (unpaired) electrons. The quantitative estimate of drug-likeness (QED) is 0.750. The standard InChI is InChI=1S/C11H19N3O/c1-12-7-8-14(2)9-10-5-4-6-13-11(10)15-3/h4-6,12H,7-9H2,1-3H3. The lowest BCUT2D eigenvalue weighted by Gasteiger charge is -2.17. The topological polar surface area (TPSA) is 37.4 Å². The molecule has 0 saturated carbocycles. The van der Waals surface area contributed by atoms with E-state index in [2.05, 4.69) is 22.2 Å². The third-order valence-electron chi connectivity index (χ3n) is 2.23. The number of rotatable bonds is 6. The minimum Gasteiger partial charge on any atom is -0.481 e. The number of nitrogens with zero attached hydrogens (tertiary/aromatic N) is 2. The van der Waals surface area contributed by atoms with Crippen LogP contribution in [0.15, 0.2) is 18.3 Å². The number of pyridine rings is 1. The highest BCUT2D eigenvalue weighted by atomic mass is 16.5. The van der Waals surface area contributed by atoms with Gasteiger partial charge in [-0.3, -0.25) is 0 Å². The lowest BCUT2D eigenvalue weighted by Crippen LogP contribution is -2.27. The van der Waals surface area contributed by atoms with Crippen molar-refractivity contribution < 1.29 is 4.74 Å². The molecule has 0 amide bonds. The van der Waals surface area contributed by atoms with Gasteiger partial charge in [-0.1, -0.05) is 6.07 Å². The number of nitrogens with one attached hydrogen (secondary N) is 1. The van der Waals surface area contributed by atoms with Crippen LogP contribution in [0.25, 0.3) is 0 Å². The lowest BCUT2D eigenvalue weighted by molar-refractivity contribution is 0.315. The van der Waals surface area contributed by atoms with E-state index in [1.807, 2.05) is 19.2 Å². The first-order chi connectivity index (χ1) is 7.27. The van der Waals surface area contributed by atoms with Crippen LogP contribution in [-0.2, 0) is 6.54 Å². The van der Waals surface area contributed by atoms with E-state index in [1.165, 1.54) is 0 Å². The van der Waals surface area contributed by atoms with Gasteiger partial charge >= 0.3 is 0 Å². The lowest BCUT2D eigenvalue weighted by atomic mass is 10.2. The maximum atomic E-state index is 5.20. The molecule has 0 spiro atoms. The summed E-state index contributed by atoms with van der Waals surface area (Å²) in [5, 5.41) is 3.12. The molecule has 0 aliphatic carbocycles. The van der Waals surface area contributed by atoms with Crippen LogP contribution in [0.1, 0.15) is 5.56 Å². The number of methoxy groups -OCH3 is 1. The molecule has 84 valence electrons. The average Bonchev–Trinajstić information content (AvgIpc) is 2.27. The van der Waals surface area contributed by atoms with Crippen LogP contribution in [-0.4, -0.2) is 44.2 Å². The fourth-order valence-corrected chi connectivity index (χ4v) is 1.40. The highest BCUT2D eigenvalue weighted by molar-refractivity contribution is 5.24. The molecule has 1 aromatic heterocycles. The Balaban J connectivity index is 2.55. The van der Waals surface area contributed by atoms with Crippen molar-refractivity contribution in [2.45, 2.75) is 6.54 Å². The molecular formula is C11H19N3O. The summed E-state index contributed by atoms with van der Waals surface area (Å²) in [6.07, 6.45) is 1.75. The van der Waals surface area contributed by atoms with Crippen molar-refractivity contribution in [1.82, 2.24) is 15.2 Å². The first kappa shape index (κ1) is 11.9. The molecule has 1 heterocycles. The first-order valence-corrected chi connectivity index (χ1v) is 5.09. The summed E-state index contributed by atoms with van der Waals surface area (Å²) in [7, 11) is 5.70. The predicted molar refractivity (Wildman–Crippen MR) is 61.0 cm³/mol. The second-order valence-electron chi connectivity index (χ2n) is 3.51. The van der Waals surface area contributed by atoms with Crippen molar-refractivity contribution in [3.63, 3.8) is 0 Å². The Morgan fingerprint density at radius 1 is 1.53 bits per heavy atom. The molecule has 1 rings (SSSR count). The van der Waals surface area contributed by atoms with Crippen LogP contribution in [0.3, 0.4) is 0 Å². The molecule has 1 aromatic rings. The van der Waals surface area contributed by atoms with E-state index >= 15 is 0 Å². The molecule has 0 aliphatic heterocycles. The summed E-state index contributed by atoms with van der Waals surface area (Å²) in [4.78, 5) is 6.40. The van der Waals surface area contributed by atoms with Gasteiger partial charge in [0, 0.05) is 31.4 Å². The zero-order valence-electron chi connectivity index (χ0n) is 9.66. The molecule has 4 nitrogen and oxygen atoms in total. The second-order valence-corrected chi connectivity index (χ2v) is 3.51. The summed E-state index contributed by atoms with van der Waals surface area (Å²) < 4.78 is 5.20. The first-order valence-electron chi connectivity index (χ1n) is 5.09. The van der Waals surface area contributed by atoms with Gasteiger partial charge in [-0.05, 0) is 20.2 Å². The number of ether oxygens (including phenoxy) is 1. The van der Waals surface area contributed by atoms with Crippen molar-refractivity contribution in [2.75, 3.05) is 34.3 Å². The molecule has 0 aliphatic rings. The van der Waals surface area contributed by atoms with E-state index in [0.717, 1.165) is 25.2 Å². The molecule has 0 aromatic carbocycles. The minimum absolute atomic E-state index is 0.716. The normalized spacial score (nSPS) is 10.7. The summed E-state index contributed by atoms with van der Waals surface area (Å²) in [5.74, 6) is 0.716. The SMILES string of the molecule is CNCCN(C)Cc1cccnc1OC. The zero-order chi connectivity index (χ0) is 11.1. The Morgan fingerprint density at radius 2 is 2.33 bits per heavy atom. The van der Waals surface area contributed by atoms with E-state index in [9.17, 15) is 0 Å². The zero-order valence-corrected chi connectivity index (χ0v) is 9.66. The minimum atomic E-state index is 0.716. The number of hydrogen-bond acceptors (Lipinski definition) is 4. The van der Waals surface area contributed by atoms with E-state index in [0.29, 0.717) is 5.88 Å². The van der Waals surface area contributed by atoms with Crippen molar-refractivity contribution in [1.29, 1.82) is 0 Å². The van der Waals surface area contributed by atoms with Gasteiger partial charge < -0.3 is 15.0 Å². The van der Waals surface area contributed by atoms with Gasteiger partial charge in [0.25, 0.3) is 0 Å². The molecule has 0 saturated heterocycles. The van der Waals surface area contributed by atoms with Crippen LogP contribution < -0.4 is 10.1 Å². The largest absolute Gasteiger partial charge is 0.481 e. The summed E-state index contributed by atoms with van der Waals surface area (Å²) in [6, 6.07) is 3.98. The van der Waals surface area contributed by atoms with Gasteiger partial charge in [0.15, 0.2) is 0 Å². The van der Waals surface area contributed by atoms with E-state index in [1.54, 1.807) is 13.3 Å². The highest BCUT2D eigenvalue weighted by Crippen LogP contribution is 2.14. The Morgan fingerprint density at radius 3 is 3.00 bits per heavy atom. The molecule has 0 atom stereocenters. The fraction of sp³-hybridized carbons (Fsp3) is 0.545. The summed E-state index contributed by atoms with van der Waals surface area (Å²) in [6.45, 7) is 2.85. The van der Waals surface area contributed by atoms with Crippen LogP contribution in [0, 0.1) is 0 Å². The molecule has 1 N–H and O–H groups in total. The van der Waals surface area contributed by atoms with Gasteiger partial charge in [-0.25, -0.2) is 4.98 Å². The monoisotopic (exact) mass is 209 g/mol. The van der Waals surface area contributed by atoms with Crippen LogP contribution >= 0.6 is 0 Å². The summed E-state index contributed by atoms with van der Waals surface area (Å²) in [5.41, 5.74) is 1.12.